The summed E-state index contributed by atoms with van der Waals surface area (Å²) in [5, 5.41) is 0.649. The number of esters is 1. The highest BCUT2D eigenvalue weighted by atomic mass is 35.5. The zero-order chi connectivity index (χ0) is 15.1. The van der Waals surface area contributed by atoms with Gasteiger partial charge in [0.2, 0.25) is 0 Å². The van der Waals surface area contributed by atoms with Gasteiger partial charge in [-0.2, -0.15) is 0 Å². The predicted octanol–water partition coefficient (Wildman–Crippen LogP) is 5.23. The van der Waals surface area contributed by atoms with Crippen LogP contribution in [0.3, 0.4) is 0 Å². The third-order valence-electron chi connectivity index (χ3n) is 4.08. The molecule has 2 nitrogen and oxygen atoms in total. The lowest BCUT2D eigenvalue weighted by Crippen LogP contribution is -2.04. The minimum absolute atomic E-state index is 0.307. The van der Waals surface area contributed by atoms with Crippen molar-refractivity contribution < 1.29 is 9.53 Å². The first-order valence-electron chi connectivity index (χ1n) is 7.97. The normalized spacial score (nSPS) is 18.6. The molecule has 0 heterocycles. The standard InChI is InChI=1S/C18H23ClO2/c1-14(20)21-18(16-10-6-3-7-11-16)13-12-17(19)15-8-4-2-5-9-15/h2-11H2,1H3. The molecular formula is C18H23ClO2. The number of halogens is 1. The maximum Gasteiger partial charge on any atom is 0.308 e. The molecular weight excluding hydrogens is 284 g/mol. The third kappa shape index (κ3) is 5.25. The smallest absolute Gasteiger partial charge is 0.308 e. The molecule has 0 N–H and O–H groups in total. The van der Waals surface area contributed by atoms with Crippen molar-refractivity contribution in [2.24, 2.45) is 0 Å². The van der Waals surface area contributed by atoms with Crippen molar-refractivity contribution in [3.05, 3.63) is 21.9 Å². The second-order valence-electron chi connectivity index (χ2n) is 5.82. The maximum atomic E-state index is 11.3. The molecule has 0 bridgehead atoms. The molecule has 3 heteroatoms. The summed E-state index contributed by atoms with van der Waals surface area (Å²) >= 11 is 6.32. The van der Waals surface area contributed by atoms with E-state index in [-0.39, 0.29) is 5.97 Å². The van der Waals surface area contributed by atoms with E-state index in [0.29, 0.717) is 10.8 Å². The summed E-state index contributed by atoms with van der Waals surface area (Å²) in [5.41, 5.74) is 2.42. The molecule has 2 rings (SSSR count). The Kier molecular flexibility index (Phi) is 6.39. The number of allylic oxidation sites excluding steroid dienone is 4. The van der Waals surface area contributed by atoms with Crippen LogP contribution in [0.2, 0.25) is 0 Å². The van der Waals surface area contributed by atoms with Crippen molar-refractivity contribution in [1.29, 1.82) is 0 Å². The fourth-order valence-electron chi connectivity index (χ4n) is 2.93. The minimum Gasteiger partial charge on any atom is -0.417 e. The van der Waals surface area contributed by atoms with Crippen LogP contribution in [0.25, 0.3) is 0 Å². The van der Waals surface area contributed by atoms with Crippen LogP contribution >= 0.6 is 11.6 Å². The molecule has 114 valence electrons. The lowest BCUT2D eigenvalue weighted by atomic mass is 9.93. The molecule has 2 aliphatic carbocycles. The summed E-state index contributed by atoms with van der Waals surface area (Å²) in [4.78, 5) is 11.3. The molecule has 0 aliphatic heterocycles. The molecule has 0 radical (unpaired) electrons. The van der Waals surface area contributed by atoms with Gasteiger partial charge in [-0.15, -0.1) is 0 Å². The molecule has 2 saturated carbocycles. The number of hydrogen-bond donors (Lipinski definition) is 0. The molecule has 0 saturated heterocycles. The average molecular weight is 307 g/mol. The van der Waals surface area contributed by atoms with Gasteiger partial charge in [0.25, 0.3) is 0 Å². The van der Waals surface area contributed by atoms with Gasteiger partial charge < -0.3 is 4.74 Å². The topological polar surface area (TPSA) is 26.3 Å². The highest BCUT2D eigenvalue weighted by Crippen LogP contribution is 2.28. The molecule has 0 unspecified atom stereocenters. The monoisotopic (exact) mass is 306 g/mol. The summed E-state index contributed by atoms with van der Waals surface area (Å²) in [6.45, 7) is 1.42. The minimum atomic E-state index is -0.307. The van der Waals surface area contributed by atoms with Crippen LogP contribution in [-0.4, -0.2) is 5.97 Å². The Balaban J connectivity index is 2.18. The Morgan fingerprint density at radius 3 is 1.95 bits per heavy atom. The SMILES string of the molecule is CC(=O)OC(C#CC(Cl)=C1CCCCC1)=C1CCCCC1. The largest absolute Gasteiger partial charge is 0.417 e. The summed E-state index contributed by atoms with van der Waals surface area (Å²) in [7, 11) is 0. The first-order chi connectivity index (χ1) is 10.2. The van der Waals surface area contributed by atoms with E-state index >= 15 is 0 Å². The van der Waals surface area contributed by atoms with Crippen molar-refractivity contribution in [2.45, 2.75) is 71.1 Å². The predicted molar refractivity (Wildman–Crippen MR) is 85.6 cm³/mol. The Hall–Kier alpha value is -1.20. The van der Waals surface area contributed by atoms with Gasteiger partial charge in [0.05, 0.1) is 5.03 Å². The van der Waals surface area contributed by atoms with E-state index in [1.165, 1.54) is 43.8 Å². The second kappa shape index (κ2) is 8.29. The van der Waals surface area contributed by atoms with Crippen molar-refractivity contribution in [3.63, 3.8) is 0 Å². The number of rotatable bonds is 1. The van der Waals surface area contributed by atoms with Gasteiger partial charge >= 0.3 is 5.97 Å². The number of carbonyl (C=O) groups is 1. The Morgan fingerprint density at radius 1 is 0.905 bits per heavy atom. The summed E-state index contributed by atoms with van der Waals surface area (Å²) < 4.78 is 5.31. The summed E-state index contributed by atoms with van der Waals surface area (Å²) in [5.74, 6) is 6.26. The van der Waals surface area contributed by atoms with Crippen molar-refractivity contribution in [2.75, 3.05) is 0 Å². The van der Waals surface area contributed by atoms with E-state index in [1.54, 1.807) is 0 Å². The first kappa shape index (κ1) is 16.2. The quantitative estimate of drug-likeness (QED) is 0.377. The molecule has 21 heavy (non-hydrogen) atoms. The average Bonchev–Trinajstić information content (AvgIpc) is 2.52. The molecule has 0 atom stereocenters. The number of hydrogen-bond acceptors (Lipinski definition) is 2. The van der Waals surface area contributed by atoms with E-state index in [1.807, 2.05) is 0 Å². The fourth-order valence-corrected chi connectivity index (χ4v) is 3.17. The Bertz CT molecular complexity index is 501. The molecule has 0 aromatic heterocycles. The highest BCUT2D eigenvalue weighted by molar-refractivity contribution is 6.32. The van der Waals surface area contributed by atoms with Crippen LogP contribution in [0.1, 0.15) is 71.1 Å². The first-order valence-corrected chi connectivity index (χ1v) is 8.34. The molecule has 2 fully saturated rings. The van der Waals surface area contributed by atoms with Gasteiger partial charge in [0.1, 0.15) is 0 Å². The highest BCUT2D eigenvalue weighted by Gasteiger charge is 2.13. The summed E-state index contributed by atoms with van der Waals surface area (Å²) in [6.07, 6.45) is 11.3. The van der Waals surface area contributed by atoms with Crippen LogP contribution in [-0.2, 0) is 9.53 Å². The zero-order valence-electron chi connectivity index (χ0n) is 12.8. The van der Waals surface area contributed by atoms with Gasteiger partial charge in [-0.25, -0.2) is 0 Å². The molecule has 0 spiro atoms. The van der Waals surface area contributed by atoms with Crippen molar-refractivity contribution >= 4 is 17.6 Å². The van der Waals surface area contributed by atoms with Crippen LogP contribution in [0.4, 0.5) is 0 Å². The van der Waals surface area contributed by atoms with Crippen LogP contribution < -0.4 is 0 Å². The van der Waals surface area contributed by atoms with Crippen molar-refractivity contribution in [3.8, 4) is 11.8 Å². The number of carbonyl (C=O) groups excluding carboxylic acids is 1. The van der Waals surface area contributed by atoms with Crippen LogP contribution in [0.5, 0.6) is 0 Å². The van der Waals surface area contributed by atoms with Gasteiger partial charge in [-0.05, 0) is 74.4 Å². The van der Waals surface area contributed by atoms with Crippen LogP contribution in [0.15, 0.2) is 21.9 Å². The third-order valence-corrected chi connectivity index (χ3v) is 4.44. The van der Waals surface area contributed by atoms with Crippen molar-refractivity contribution in [1.82, 2.24) is 0 Å². The molecule has 0 aromatic rings. The molecule has 2 aliphatic rings. The van der Waals surface area contributed by atoms with Gasteiger partial charge in [-0.3, -0.25) is 4.79 Å². The fraction of sp³-hybridized carbons (Fsp3) is 0.611. The second-order valence-corrected chi connectivity index (χ2v) is 6.19. The zero-order valence-corrected chi connectivity index (χ0v) is 13.5. The van der Waals surface area contributed by atoms with E-state index in [4.69, 9.17) is 16.3 Å². The van der Waals surface area contributed by atoms with Gasteiger partial charge in [0.15, 0.2) is 5.76 Å². The summed E-state index contributed by atoms with van der Waals surface area (Å²) in [6, 6.07) is 0. The molecule has 0 aromatic carbocycles. The van der Waals surface area contributed by atoms with Gasteiger partial charge in [0, 0.05) is 6.92 Å². The Labute approximate surface area is 132 Å². The molecule has 0 amide bonds. The lowest BCUT2D eigenvalue weighted by molar-refractivity contribution is -0.136. The van der Waals surface area contributed by atoms with Crippen LogP contribution in [0, 0.1) is 11.8 Å². The lowest BCUT2D eigenvalue weighted by Gasteiger charge is -2.15. The number of ether oxygens (including phenoxy) is 1. The van der Waals surface area contributed by atoms with E-state index in [9.17, 15) is 4.79 Å². The Morgan fingerprint density at radius 2 is 1.43 bits per heavy atom. The van der Waals surface area contributed by atoms with E-state index < -0.39 is 0 Å². The maximum absolute atomic E-state index is 11.3. The van der Waals surface area contributed by atoms with Gasteiger partial charge in [-0.1, -0.05) is 24.4 Å². The van der Waals surface area contributed by atoms with E-state index in [2.05, 4.69) is 11.8 Å². The van der Waals surface area contributed by atoms with E-state index in [0.717, 1.165) is 38.5 Å².